The van der Waals surface area contributed by atoms with Crippen molar-refractivity contribution in [3.05, 3.63) is 69.7 Å². The minimum absolute atomic E-state index is 0.0567. The highest BCUT2D eigenvalue weighted by atomic mass is 79.9. The highest BCUT2D eigenvalue weighted by molar-refractivity contribution is 9.10. The third-order valence-corrected chi connectivity index (χ3v) is 8.92. The van der Waals surface area contributed by atoms with Crippen molar-refractivity contribution >= 4 is 27.7 Å². The van der Waals surface area contributed by atoms with E-state index in [1.165, 1.54) is 18.4 Å². The van der Waals surface area contributed by atoms with Gasteiger partial charge in [-0.2, -0.15) is 0 Å². The quantitative estimate of drug-likeness (QED) is 0.528. The number of rotatable bonds is 7. The van der Waals surface area contributed by atoms with Gasteiger partial charge in [0.1, 0.15) is 0 Å². The summed E-state index contributed by atoms with van der Waals surface area (Å²) < 4.78 is 0.882. The molecule has 2 heterocycles. The van der Waals surface area contributed by atoms with E-state index >= 15 is 0 Å². The van der Waals surface area contributed by atoms with Crippen LogP contribution in [0, 0.1) is 24.7 Å². The Hall–Kier alpha value is -2.18. The Labute approximate surface area is 217 Å². The lowest BCUT2D eigenvalue weighted by molar-refractivity contribution is -0.125. The molecular weight excluding hydrogens is 502 g/mol. The van der Waals surface area contributed by atoms with Gasteiger partial charge in [-0.25, -0.2) is 0 Å². The Balaban J connectivity index is 1.17. The number of hydrogen-bond donors (Lipinski definition) is 1. The number of nitrogens with one attached hydrogen (secondary N) is 1. The van der Waals surface area contributed by atoms with Crippen LogP contribution in [-0.4, -0.2) is 54.3 Å². The molecule has 5 nitrogen and oxygen atoms in total. The van der Waals surface area contributed by atoms with Gasteiger partial charge in [-0.05, 0) is 71.1 Å². The zero-order valence-corrected chi connectivity index (χ0v) is 22.2. The van der Waals surface area contributed by atoms with Crippen LogP contribution in [0.2, 0.25) is 0 Å². The van der Waals surface area contributed by atoms with Crippen molar-refractivity contribution in [1.29, 1.82) is 0 Å². The molecule has 35 heavy (non-hydrogen) atoms. The number of likely N-dealkylation sites (tertiary alicyclic amines) is 2. The van der Waals surface area contributed by atoms with E-state index in [4.69, 9.17) is 0 Å². The van der Waals surface area contributed by atoms with Crippen LogP contribution in [0.15, 0.2) is 53.0 Å². The van der Waals surface area contributed by atoms with Crippen molar-refractivity contribution in [2.75, 3.05) is 32.7 Å². The van der Waals surface area contributed by atoms with Gasteiger partial charge in [0.25, 0.3) is 5.91 Å². The molecule has 2 aromatic carbocycles. The summed E-state index contributed by atoms with van der Waals surface area (Å²) in [5.74, 6) is 1.63. The van der Waals surface area contributed by atoms with E-state index in [-0.39, 0.29) is 23.8 Å². The zero-order valence-electron chi connectivity index (χ0n) is 20.6. The molecule has 2 amide bonds. The number of fused-ring (bicyclic) bond motifs is 1. The molecule has 1 saturated carbocycles. The lowest BCUT2D eigenvalue weighted by Gasteiger charge is -2.26. The zero-order chi connectivity index (χ0) is 24.4. The SMILES string of the molecule is Cc1cccc(Br)c1C(=O)N1CC2CN(CC[C@H](NC(=O)C3CCCC3)c3ccccc3)CC2C1. The first-order chi connectivity index (χ1) is 17.0. The average molecular weight is 539 g/mol. The van der Waals surface area contributed by atoms with Crippen LogP contribution in [0.4, 0.5) is 0 Å². The first-order valence-electron chi connectivity index (χ1n) is 13.1. The molecule has 2 aromatic rings. The standard InChI is InChI=1S/C29H36BrN3O2/c1-20-8-7-13-25(30)27(20)29(35)33-18-23-16-32(17-24(23)19-33)15-14-26(21-9-3-2-4-10-21)31-28(34)22-11-5-6-12-22/h2-4,7-10,13,22-24,26H,5-6,11-12,14-19H2,1H3,(H,31,34)/t23?,24?,26-/m0/s1. The van der Waals surface area contributed by atoms with Gasteiger partial charge in [0.15, 0.2) is 0 Å². The fourth-order valence-corrected chi connectivity index (χ4v) is 6.93. The van der Waals surface area contributed by atoms with Crippen molar-refractivity contribution in [2.24, 2.45) is 17.8 Å². The normalized spacial score (nSPS) is 23.4. The lowest BCUT2D eigenvalue weighted by Crippen LogP contribution is -2.36. The van der Waals surface area contributed by atoms with Crippen LogP contribution in [-0.2, 0) is 4.79 Å². The number of carbonyl (C=O) groups is 2. The van der Waals surface area contributed by atoms with Crippen molar-refractivity contribution in [1.82, 2.24) is 15.1 Å². The van der Waals surface area contributed by atoms with Gasteiger partial charge >= 0.3 is 0 Å². The summed E-state index contributed by atoms with van der Waals surface area (Å²) in [5.41, 5.74) is 3.02. The summed E-state index contributed by atoms with van der Waals surface area (Å²) in [4.78, 5) is 30.7. The Morgan fingerprint density at radius 2 is 1.66 bits per heavy atom. The molecular formula is C29H36BrN3O2. The van der Waals surface area contributed by atoms with Gasteiger partial charge in [0, 0.05) is 43.1 Å². The van der Waals surface area contributed by atoms with Crippen molar-refractivity contribution < 1.29 is 9.59 Å². The molecule has 1 N–H and O–H groups in total. The molecule has 0 radical (unpaired) electrons. The number of amides is 2. The molecule has 0 aromatic heterocycles. The van der Waals surface area contributed by atoms with E-state index in [0.717, 1.165) is 67.6 Å². The molecule has 0 bridgehead atoms. The summed E-state index contributed by atoms with van der Waals surface area (Å²) in [7, 11) is 0. The molecule has 2 unspecified atom stereocenters. The molecule has 1 aliphatic carbocycles. The molecule has 2 aliphatic heterocycles. The topological polar surface area (TPSA) is 52.7 Å². The van der Waals surface area contributed by atoms with Crippen LogP contribution in [0.25, 0.3) is 0 Å². The molecule has 2 saturated heterocycles. The summed E-state index contributed by atoms with van der Waals surface area (Å²) in [6.45, 7) is 6.70. The number of carbonyl (C=O) groups excluding carboxylic acids is 2. The van der Waals surface area contributed by atoms with Gasteiger partial charge in [0.05, 0.1) is 11.6 Å². The van der Waals surface area contributed by atoms with E-state index < -0.39 is 0 Å². The maximum Gasteiger partial charge on any atom is 0.255 e. The van der Waals surface area contributed by atoms with Gasteiger partial charge in [-0.3, -0.25) is 9.59 Å². The van der Waals surface area contributed by atoms with Crippen LogP contribution in [0.3, 0.4) is 0 Å². The van der Waals surface area contributed by atoms with Gasteiger partial charge in [0.2, 0.25) is 5.91 Å². The minimum atomic E-state index is 0.0567. The van der Waals surface area contributed by atoms with E-state index in [9.17, 15) is 9.59 Å². The summed E-state index contributed by atoms with van der Waals surface area (Å²) >= 11 is 3.57. The third kappa shape index (κ3) is 5.49. The average Bonchev–Trinajstić information content (AvgIpc) is 3.59. The van der Waals surface area contributed by atoms with Crippen LogP contribution < -0.4 is 5.32 Å². The molecule has 3 atom stereocenters. The highest BCUT2D eigenvalue weighted by Crippen LogP contribution is 2.34. The molecule has 186 valence electrons. The van der Waals surface area contributed by atoms with E-state index in [1.54, 1.807) is 0 Å². The van der Waals surface area contributed by atoms with Gasteiger partial charge in [-0.1, -0.05) is 55.3 Å². The van der Waals surface area contributed by atoms with Crippen molar-refractivity contribution in [3.63, 3.8) is 0 Å². The van der Waals surface area contributed by atoms with E-state index in [1.807, 2.05) is 36.1 Å². The molecule has 0 spiro atoms. The largest absolute Gasteiger partial charge is 0.349 e. The summed E-state index contributed by atoms with van der Waals surface area (Å²) in [6, 6.07) is 16.4. The maximum absolute atomic E-state index is 13.2. The number of nitrogens with zero attached hydrogens (tertiary/aromatic N) is 2. The second kappa shape index (κ2) is 10.8. The number of aryl methyl sites for hydroxylation is 1. The third-order valence-electron chi connectivity index (χ3n) is 8.26. The molecule has 5 rings (SSSR count). The Bertz CT molecular complexity index is 1020. The smallest absolute Gasteiger partial charge is 0.255 e. The monoisotopic (exact) mass is 537 g/mol. The lowest BCUT2D eigenvalue weighted by atomic mass is 10.0. The number of benzene rings is 2. The van der Waals surface area contributed by atoms with Crippen molar-refractivity contribution in [2.45, 2.75) is 45.1 Å². The number of halogens is 1. The number of hydrogen-bond acceptors (Lipinski definition) is 3. The summed E-state index contributed by atoms with van der Waals surface area (Å²) in [6.07, 6.45) is 5.31. The highest BCUT2D eigenvalue weighted by Gasteiger charge is 2.42. The predicted octanol–water partition coefficient (Wildman–Crippen LogP) is 5.20. The molecule has 6 heteroatoms. The first-order valence-corrected chi connectivity index (χ1v) is 13.9. The van der Waals surface area contributed by atoms with Crippen LogP contribution in [0.1, 0.15) is 59.6 Å². The summed E-state index contributed by atoms with van der Waals surface area (Å²) in [5, 5.41) is 3.38. The minimum Gasteiger partial charge on any atom is -0.349 e. The van der Waals surface area contributed by atoms with Crippen LogP contribution in [0.5, 0.6) is 0 Å². The maximum atomic E-state index is 13.2. The Morgan fingerprint density at radius 1 is 0.971 bits per heavy atom. The Kier molecular flexibility index (Phi) is 7.59. The molecule has 3 fully saturated rings. The van der Waals surface area contributed by atoms with Crippen molar-refractivity contribution in [3.8, 4) is 0 Å². The van der Waals surface area contributed by atoms with Gasteiger partial charge in [-0.15, -0.1) is 0 Å². The van der Waals surface area contributed by atoms with E-state index in [2.05, 4.69) is 50.4 Å². The van der Waals surface area contributed by atoms with E-state index in [0.29, 0.717) is 11.8 Å². The fraction of sp³-hybridized carbons (Fsp3) is 0.517. The second-order valence-corrected chi connectivity index (χ2v) is 11.5. The van der Waals surface area contributed by atoms with Crippen LogP contribution >= 0.6 is 15.9 Å². The fourth-order valence-electron chi connectivity index (χ4n) is 6.30. The molecule has 3 aliphatic rings. The Morgan fingerprint density at radius 3 is 2.31 bits per heavy atom. The predicted molar refractivity (Wildman–Crippen MR) is 142 cm³/mol. The first kappa shape index (κ1) is 24.5. The second-order valence-electron chi connectivity index (χ2n) is 10.7. The van der Waals surface area contributed by atoms with Gasteiger partial charge < -0.3 is 15.1 Å².